The number of hydrogen-bond donors (Lipinski definition) is 2. The van der Waals surface area contributed by atoms with E-state index >= 15 is 0 Å². The molecule has 0 amide bonds. The molecule has 19 heavy (non-hydrogen) atoms. The molecular weight excluding hydrogens is 260 g/mol. The number of hydrogen-bond acceptors (Lipinski definition) is 3. The van der Waals surface area contributed by atoms with Crippen LogP contribution >= 0.6 is 0 Å². The zero-order chi connectivity index (χ0) is 13.2. The third-order valence-corrected chi connectivity index (χ3v) is 5.06. The van der Waals surface area contributed by atoms with E-state index in [2.05, 4.69) is 15.1 Å². The number of aryl methyl sites for hydroxylation is 1. The Bertz CT molecular complexity index is 604. The minimum atomic E-state index is -1.04. The molecule has 102 valence electrons. The summed E-state index contributed by atoms with van der Waals surface area (Å²) in [5.41, 5.74) is 1.90. The minimum absolute atomic E-state index is 0.227. The first-order valence-corrected chi connectivity index (χ1v) is 7.75. The fourth-order valence-corrected chi connectivity index (χ4v) is 3.73. The van der Waals surface area contributed by atoms with E-state index in [1.54, 1.807) is 0 Å². The Morgan fingerprint density at radius 2 is 2.21 bits per heavy atom. The van der Waals surface area contributed by atoms with Crippen molar-refractivity contribution in [3.63, 3.8) is 0 Å². The zero-order valence-electron chi connectivity index (χ0n) is 10.9. The lowest BCUT2D eigenvalue weighted by Gasteiger charge is -2.22. The monoisotopic (exact) mass is 278 g/mol. The van der Waals surface area contributed by atoms with Crippen molar-refractivity contribution in [3.05, 3.63) is 24.4 Å². The van der Waals surface area contributed by atoms with Crippen molar-refractivity contribution in [1.29, 1.82) is 0 Å². The largest absolute Gasteiger partial charge is 0.317 e. The van der Waals surface area contributed by atoms with Crippen LogP contribution in [0, 0.1) is 0 Å². The maximum absolute atomic E-state index is 12.4. The van der Waals surface area contributed by atoms with Gasteiger partial charge in [0.2, 0.25) is 0 Å². The number of nitrogens with zero attached hydrogens (tertiary/aromatic N) is 2. The van der Waals surface area contributed by atoms with E-state index in [1.807, 2.05) is 36.1 Å². The second kappa shape index (κ2) is 5.30. The molecule has 1 aliphatic heterocycles. The number of rotatable bonds is 3. The first-order chi connectivity index (χ1) is 9.25. The summed E-state index contributed by atoms with van der Waals surface area (Å²) in [7, 11) is 0.867. The van der Waals surface area contributed by atoms with E-state index in [9.17, 15) is 4.21 Å². The van der Waals surface area contributed by atoms with Gasteiger partial charge in [-0.05, 0) is 32.0 Å². The quantitative estimate of drug-likeness (QED) is 0.892. The summed E-state index contributed by atoms with van der Waals surface area (Å²) in [5.74, 6) is 0. The molecule has 0 aliphatic carbocycles. The van der Waals surface area contributed by atoms with Crippen LogP contribution in [0.25, 0.3) is 10.9 Å². The van der Waals surface area contributed by atoms with Gasteiger partial charge in [0.25, 0.3) is 0 Å². The van der Waals surface area contributed by atoms with Gasteiger partial charge in [-0.15, -0.1) is 0 Å². The van der Waals surface area contributed by atoms with Crippen LogP contribution in [0.2, 0.25) is 0 Å². The second-order valence-corrected chi connectivity index (χ2v) is 6.33. The molecule has 1 aromatic carbocycles. The molecule has 0 spiro atoms. The Hall–Kier alpha value is -1.40. The van der Waals surface area contributed by atoms with Crippen molar-refractivity contribution in [3.8, 4) is 0 Å². The molecule has 6 heteroatoms. The van der Waals surface area contributed by atoms with Crippen molar-refractivity contribution in [1.82, 2.24) is 15.1 Å². The van der Waals surface area contributed by atoms with E-state index < -0.39 is 11.0 Å². The summed E-state index contributed by atoms with van der Waals surface area (Å²) in [5, 5.41) is 8.83. The molecule has 2 heterocycles. The van der Waals surface area contributed by atoms with Gasteiger partial charge in [-0.2, -0.15) is 5.10 Å². The van der Waals surface area contributed by atoms with Gasteiger partial charge in [0.1, 0.15) is 11.0 Å². The average Bonchev–Trinajstić information content (AvgIpc) is 2.83. The Balaban J connectivity index is 1.84. The molecule has 2 N–H and O–H groups in total. The highest BCUT2D eigenvalue weighted by atomic mass is 32.2. The first kappa shape index (κ1) is 12.6. The molecule has 3 rings (SSSR count). The predicted octanol–water partition coefficient (Wildman–Crippen LogP) is 1.40. The van der Waals surface area contributed by atoms with Crippen molar-refractivity contribution < 1.29 is 4.21 Å². The van der Waals surface area contributed by atoms with Gasteiger partial charge in [-0.25, -0.2) is 4.21 Å². The van der Waals surface area contributed by atoms with Gasteiger partial charge in [-0.1, -0.05) is 12.1 Å². The van der Waals surface area contributed by atoms with Gasteiger partial charge < -0.3 is 10.0 Å². The maximum atomic E-state index is 12.4. The van der Waals surface area contributed by atoms with Gasteiger partial charge in [-0.3, -0.25) is 4.68 Å². The molecule has 0 bridgehead atoms. The second-order valence-electron chi connectivity index (χ2n) is 4.86. The predicted molar refractivity (Wildman–Crippen MR) is 78.4 cm³/mol. The van der Waals surface area contributed by atoms with Crippen LogP contribution in [0.5, 0.6) is 0 Å². The highest BCUT2D eigenvalue weighted by Gasteiger charge is 2.20. The topological polar surface area (TPSA) is 59.0 Å². The highest BCUT2D eigenvalue weighted by molar-refractivity contribution is 7.87. The minimum Gasteiger partial charge on any atom is -0.317 e. The molecule has 0 radical (unpaired) electrons. The molecular formula is C13H18N4OS. The van der Waals surface area contributed by atoms with Crippen molar-refractivity contribution in [2.24, 2.45) is 7.05 Å². The van der Waals surface area contributed by atoms with Crippen LogP contribution < -0.4 is 10.0 Å². The van der Waals surface area contributed by atoms with Gasteiger partial charge in [0.05, 0.1) is 22.7 Å². The van der Waals surface area contributed by atoms with Crippen LogP contribution in [0.1, 0.15) is 12.8 Å². The van der Waals surface area contributed by atoms with Crippen LogP contribution in [0.4, 0.5) is 5.69 Å². The summed E-state index contributed by atoms with van der Waals surface area (Å²) >= 11 is 0. The normalized spacial score (nSPS) is 18.6. The number of nitrogens with one attached hydrogen (secondary N) is 2. The Morgan fingerprint density at radius 1 is 1.42 bits per heavy atom. The summed E-state index contributed by atoms with van der Waals surface area (Å²) < 4.78 is 17.4. The third-order valence-electron chi connectivity index (χ3n) is 3.56. The van der Waals surface area contributed by atoms with E-state index in [4.69, 9.17) is 0 Å². The Morgan fingerprint density at radius 3 is 3.00 bits per heavy atom. The van der Waals surface area contributed by atoms with Crippen LogP contribution in [-0.2, 0) is 18.0 Å². The molecule has 0 saturated carbocycles. The molecule has 1 fully saturated rings. The third kappa shape index (κ3) is 2.50. The number of aromatic nitrogens is 2. The average molecular weight is 278 g/mol. The standard InChI is InChI=1S/C13H18N4OS/c1-17-13-10(9-15-17)3-2-4-12(13)16-19(18)11-5-7-14-8-6-11/h2-4,9,11,14,16H,5-8H2,1H3. The SMILES string of the molecule is Cn1ncc2cccc(NS(=O)C3CCNCC3)c21. The smallest absolute Gasteiger partial charge is 0.120 e. The number of fused-ring (bicyclic) bond motifs is 1. The Kier molecular flexibility index (Phi) is 3.52. The molecule has 1 aliphatic rings. The van der Waals surface area contributed by atoms with E-state index in [0.29, 0.717) is 0 Å². The lowest BCUT2D eigenvalue weighted by molar-refractivity contribution is 0.520. The van der Waals surface area contributed by atoms with Crippen molar-refractivity contribution in [2.45, 2.75) is 18.1 Å². The highest BCUT2D eigenvalue weighted by Crippen LogP contribution is 2.24. The molecule has 1 unspecified atom stereocenters. The number of benzene rings is 1. The van der Waals surface area contributed by atoms with Crippen LogP contribution in [0.15, 0.2) is 24.4 Å². The van der Waals surface area contributed by atoms with Crippen molar-refractivity contribution >= 4 is 27.6 Å². The molecule has 5 nitrogen and oxygen atoms in total. The summed E-state index contributed by atoms with van der Waals surface area (Å²) in [6.07, 6.45) is 3.75. The van der Waals surface area contributed by atoms with Crippen molar-refractivity contribution in [2.75, 3.05) is 17.8 Å². The van der Waals surface area contributed by atoms with Crippen LogP contribution in [-0.4, -0.2) is 32.3 Å². The number of para-hydroxylation sites is 1. The van der Waals surface area contributed by atoms with E-state index in [0.717, 1.165) is 42.5 Å². The Labute approximate surface area is 115 Å². The number of piperidine rings is 1. The zero-order valence-corrected chi connectivity index (χ0v) is 11.7. The van der Waals surface area contributed by atoms with E-state index in [1.165, 1.54) is 0 Å². The summed E-state index contributed by atoms with van der Waals surface area (Å²) in [4.78, 5) is 0. The van der Waals surface area contributed by atoms with E-state index in [-0.39, 0.29) is 5.25 Å². The van der Waals surface area contributed by atoms with Gasteiger partial charge in [0, 0.05) is 12.4 Å². The molecule has 1 aromatic heterocycles. The lowest BCUT2D eigenvalue weighted by atomic mass is 10.2. The maximum Gasteiger partial charge on any atom is 0.120 e. The number of anilines is 1. The summed E-state index contributed by atoms with van der Waals surface area (Å²) in [6.45, 7) is 1.90. The molecule has 1 atom stereocenters. The van der Waals surface area contributed by atoms with Crippen LogP contribution in [0.3, 0.4) is 0 Å². The summed E-state index contributed by atoms with van der Waals surface area (Å²) in [6, 6.07) is 5.94. The fourth-order valence-electron chi connectivity index (χ4n) is 2.52. The lowest BCUT2D eigenvalue weighted by Crippen LogP contribution is -2.35. The molecule has 1 saturated heterocycles. The fraction of sp³-hybridized carbons (Fsp3) is 0.462. The first-order valence-electron chi connectivity index (χ1n) is 6.54. The van der Waals surface area contributed by atoms with Gasteiger partial charge >= 0.3 is 0 Å². The van der Waals surface area contributed by atoms with Gasteiger partial charge in [0.15, 0.2) is 0 Å². The molecule has 2 aromatic rings.